The van der Waals surface area contributed by atoms with Crippen LogP contribution in [0.3, 0.4) is 0 Å². The Morgan fingerprint density at radius 3 is 2.45 bits per heavy atom. The highest BCUT2D eigenvalue weighted by Gasteiger charge is 2.45. The predicted molar refractivity (Wildman–Crippen MR) is 61.6 cm³/mol. The molecule has 1 atom stereocenters. The van der Waals surface area contributed by atoms with E-state index in [0.29, 0.717) is 5.56 Å². The largest absolute Gasteiger partial charge is 0.493 e. The first-order chi connectivity index (χ1) is 9.29. The van der Waals surface area contributed by atoms with Gasteiger partial charge in [0.05, 0.1) is 13.7 Å². The number of benzene rings is 1. The summed E-state index contributed by atoms with van der Waals surface area (Å²) in [4.78, 5) is 10.6. The summed E-state index contributed by atoms with van der Waals surface area (Å²) in [5, 5.41) is 17.5. The standard InChI is InChI=1S/C12H13F3O5/c1-19-10-4-7(5-16)2-3-9(10)20-6-8(11(17)18)12(13,14)15/h2-4,8,16H,5-6H2,1H3,(H,17,18). The molecule has 112 valence electrons. The lowest BCUT2D eigenvalue weighted by molar-refractivity contribution is -0.198. The summed E-state index contributed by atoms with van der Waals surface area (Å²) in [5.74, 6) is -4.55. The minimum absolute atomic E-state index is 0.0276. The first-order valence-corrected chi connectivity index (χ1v) is 5.49. The van der Waals surface area contributed by atoms with Gasteiger partial charge >= 0.3 is 12.1 Å². The molecule has 0 amide bonds. The summed E-state index contributed by atoms with van der Waals surface area (Å²) in [6, 6.07) is 4.12. The topological polar surface area (TPSA) is 76.0 Å². The molecule has 1 aromatic rings. The number of carbonyl (C=O) groups is 1. The van der Waals surface area contributed by atoms with Crippen molar-refractivity contribution in [3.63, 3.8) is 0 Å². The second-order valence-electron chi connectivity index (χ2n) is 3.89. The molecule has 1 rings (SSSR count). The third-order valence-electron chi connectivity index (χ3n) is 2.51. The molecule has 0 fully saturated rings. The molecule has 0 aromatic heterocycles. The molecule has 0 aliphatic carbocycles. The number of carboxylic acid groups (broad SMARTS) is 1. The lowest BCUT2D eigenvalue weighted by atomic mass is 10.1. The second kappa shape index (κ2) is 6.47. The number of ether oxygens (including phenoxy) is 2. The zero-order valence-electron chi connectivity index (χ0n) is 10.5. The number of aliphatic carboxylic acids is 1. The summed E-state index contributed by atoms with van der Waals surface area (Å²) in [5.41, 5.74) is 0.486. The summed E-state index contributed by atoms with van der Waals surface area (Å²) in [7, 11) is 1.28. The molecule has 0 heterocycles. The smallest absolute Gasteiger partial charge is 0.405 e. The van der Waals surface area contributed by atoms with Gasteiger partial charge in [-0.3, -0.25) is 4.79 Å². The van der Waals surface area contributed by atoms with Crippen molar-refractivity contribution in [2.24, 2.45) is 5.92 Å². The summed E-state index contributed by atoms with van der Waals surface area (Å²) < 4.78 is 47.1. The van der Waals surface area contributed by atoms with Crippen LogP contribution in [0.15, 0.2) is 18.2 Å². The van der Waals surface area contributed by atoms with Gasteiger partial charge in [-0.05, 0) is 17.7 Å². The van der Waals surface area contributed by atoms with Crippen molar-refractivity contribution in [1.82, 2.24) is 0 Å². The Kier molecular flexibility index (Phi) is 5.20. The van der Waals surface area contributed by atoms with Gasteiger partial charge in [0.2, 0.25) is 0 Å². The van der Waals surface area contributed by atoms with E-state index in [2.05, 4.69) is 0 Å². The Labute approximate surface area is 112 Å². The van der Waals surface area contributed by atoms with E-state index >= 15 is 0 Å². The van der Waals surface area contributed by atoms with Gasteiger partial charge < -0.3 is 19.7 Å². The van der Waals surface area contributed by atoms with Gasteiger partial charge in [0.1, 0.15) is 6.61 Å². The Morgan fingerprint density at radius 1 is 1.35 bits per heavy atom. The number of aliphatic hydroxyl groups is 1. The lowest BCUT2D eigenvalue weighted by Crippen LogP contribution is -2.35. The van der Waals surface area contributed by atoms with Crippen molar-refractivity contribution >= 4 is 5.97 Å². The van der Waals surface area contributed by atoms with Crippen LogP contribution < -0.4 is 9.47 Å². The number of methoxy groups -OCH3 is 1. The number of hydrogen-bond donors (Lipinski definition) is 2. The summed E-state index contributed by atoms with van der Waals surface area (Å²) in [6.45, 7) is -1.33. The molecule has 2 N–H and O–H groups in total. The van der Waals surface area contributed by atoms with E-state index in [1.807, 2.05) is 0 Å². The van der Waals surface area contributed by atoms with E-state index in [4.69, 9.17) is 19.7 Å². The zero-order valence-corrected chi connectivity index (χ0v) is 10.5. The van der Waals surface area contributed by atoms with E-state index in [-0.39, 0.29) is 18.1 Å². The number of carboxylic acids is 1. The maximum absolute atomic E-state index is 12.4. The van der Waals surface area contributed by atoms with Gasteiger partial charge in [0, 0.05) is 0 Å². The fraction of sp³-hybridized carbons (Fsp3) is 0.417. The molecule has 0 aliphatic heterocycles. The predicted octanol–water partition coefficient (Wildman–Crippen LogP) is 1.83. The van der Waals surface area contributed by atoms with Crippen LogP contribution in [0, 0.1) is 5.92 Å². The van der Waals surface area contributed by atoms with Crippen molar-refractivity contribution in [2.75, 3.05) is 13.7 Å². The minimum atomic E-state index is -4.90. The monoisotopic (exact) mass is 294 g/mol. The number of alkyl halides is 3. The van der Waals surface area contributed by atoms with Crippen LogP contribution in [0.2, 0.25) is 0 Å². The normalized spacial score (nSPS) is 12.8. The third kappa shape index (κ3) is 4.02. The molecule has 0 saturated heterocycles. The number of rotatable bonds is 6. The van der Waals surface area contributed by atoms with Gasteiger partial charge in [-0.15, -0.1) is 0 Å². The maximum Gasteiger partial charge on any atom is 0.405 e. The summed E-state index contributed by atoms with van der Waals surface area (Å²) in [6.07, 6.45) is -4.90. The van der Waals surface area contributed by atoms with Crippen molar-refractivity contribution in [3.05, 3.63) is 23.8 Å². The Hall–Kier alpha value is -1.96. The molecule has 0 saturated carbocycles. The number of hydrogen-bond acceptors (Lipinski definition) is 4. The highest BCUT2D eigenvalue weighted by molar-refractivity contribution is 5.71. The van der Waals surface area contributed by atoms with Crippen LogP contribution in [0.1, 0.15) is 5.56 Å². The molecule has 0 aliphatic rings. The molecular weight excluding hydrogens is 281 g/mol. The molecule has 20 heavy (non-hydrogen) atoms. The van der Waals surface area contributed by atoms with Crippen LogP contribution in [0.5, 0.6) is 11.5 Å². The SMILES string of the molecule is COc1cc(CO)ccc1OCC(C(=O)O)C(F)(F)F. The van der Waals surface area contributed by atoms with Gasteiger partial charge in [-0.2, -0.15) is 13.2 Å². The van der Waals surface area contributed by atoms with E-state index in [1.54, 1.807) is 0 Å². The fourth-order valence-corrected chi connectivity index (χ4v) is 1.41. The highest BCUT2D eigenvalue weighted by atomic mass is 19.4. The molecule has 1 unspecified atom stereocenters. The van der Waals surface area contributed by atoms with Crippen LogP contribution in [-0.2, 0) is 11.4 Å². The number of aliphatic hydroxyl groups excluding tert-OH is 1. The maximum atomic E-state index is 12.4. The van der Waals surface area contributed by atoms with Gasteiger partial charge in [-0.1, -0.05) is 6.07 Å². The first-order valence-electron chi connectivity index (χ1n) is 5.49. The van der Waals surface area contributed by atoms with Crippen LogP contribution in [0.25, 0.3) is 0 Å². The van der Waals surface area contributed by atoms with Crippen molar-refractivity contribution in [2.45, 2.75) is 12.8 Å². The molecule has 1 aromatic carbocycles. The van der Waals surface area contributed by atoms with E-state index in [9.17, 15) is 18.0 Å². The van der Waals surface area contributed by atoms with Gasteiger partial charge in [0.15, 0.2) is 17.4 Å². The molecule has 0 radical (unpaired) electrons. The Morgan fingerprint density at radius 2 is 2.00 bits per heavy atom. The average Bonchev–Trinajstić information content (AvgIpc) is 2.37. The molecular formula is C12H13F3O5. The van der Waals surface area contributed by atoms with Crippen molar-refractivity contribution in [3.8, 4) is 11.5 Å². The minimum Gasteiger partial charge on any atom is -0.493 e. The quantitative estimate of drug-likeness (QED) is 0.837. The summed E-state index contributed by atoms with van der Waals surface area (Å²) >= 11 is 0. The van der Waals surface area contributed by atoms with Crippen LogP contribution >= 0.6 is 0 Å². The molecule has 8 heteroatoms. The molecule has 0 bridgehead atoms. The second-order valence-corrected chi connectivity index (χ2v) is 3.89. The van der Waals surface area contributed by atoms with E-state index in [0.717, 1.165) is 0 Å². The first kappa shape index (κ1) is 16.1. The Bertz CT molecular complexity index is 473. The third-order valence-corrected chi connectivity index (χ3v) is 2.51. The lowest BCUT2D eigenvalue weighted by Gasteiger charge is -2.18. The van der Waals surface area contributed by atoms with Crippen molar-refractivity contribution < 1.29 is 37.7 Å². The van der Waals surface area contributed by atoms with E-state index in [1.165, 1.54) is 25.3 Å². The van der Waals surface area contributed by atoms with E-state index < -0.39 is 24.7 Å². The zero-order chi connectivity index (χ0) is 15.3. The van der Waals surface area contributed by atoms with Crippen LogP contribution in [-0.4, -0.2) is 36.1 Å². The van der Waals surface area contributed by atoms with Crippen molar-refractivity contribution in [1.29, 1.82) is 0 Å². The number of halogens is 3. The molecule has 0 spiro atoms. The van der Waals surface area contributed by atoms with Crippen LogP contribution in [0.4, 0.5) is 13.2 Å². The molecule has 5 nitrogen and oxygen atoms in total. The average molecular weight is 294 g/mol. The Balaban J connectivity index is 2.85. The van der Waals surface area contributed by atoms with Gasteiger partial charge in [-0.25, -0.2) is 0 Å². The fourth-order valence-electron chi connectivity index (χ4n) is 1.41. The van der Waals surface area contributed by atoms with Gasteiger partial charge in [0.25, 0.3) is 0 Å². The highest BCUT2D eigenvalue weighted by Crippen LogP contribution is 2.31.